The minimum atomic E-state index is -1.09. The molecular formula is C27H21FN6O3. The molecule has 37 heavy (non-hydrogen) atoms. The molecule has 184 valence electrons. The zero-order valence-corrected chi connectivity index (χ0v) is 19.5. The second-order valence-corrected chi connectivity index (χ2v) is 8.97. The summed E-state index contributed by atoms with van der Waals surface area (Å²) in [6, 6.07) is 22.0. The SMILES string of the molecule is O=C1[C@H]2N=NN(CC(=O)N3N=C(c4ccccc4)C[C@@H]3c3ccccc3)[C@@H]2C(=O)N1c1cccc(F)c1. The Morgan fingerprint density at radius 2 is 1.65 bits per heavy atom. The van der Waals surface area contributed by atoms with E-state index in [1.54, 1.807) is 0 Å². The van der Waals surface area contributed by atoms with Gasteiger partial charge in [0.1, 0.15) is 12.4 Å². The molecule has 3 aromatic rings. The van der Waals surface area contributed by atoms with Crippen LogP contribution in [0.15, 0.2) is 100 Å². The van der Waals surface area contributed by atoms with Crippen molar-refractivity contribution in [3.05, 3.63) is 102 Å². The second kappa shape index (κ2) is 9.05. The van der Waals surface area contributed by atoms with Crippen molar-refractivity contribution < 1.29 is 18.8 Å². The van der Waals surface area contributed by atoms with Crippen LogP contribution in [0.1, 0.15) is 23.6 Å². The summed E-state index contributed by atoms with van der Waals surface area (Å²) in [5, 5.41) is 15.2. The lowest BCUT2D eigenvalue weighted by atomic mass is 9.98. The van der Waals surface area contributed by atoms with E-state index >= 15 is 0 Å². The van der Waals surface area contributed by atoms with Gasteiger partial charge in [-0.3, -0.25) is 19.4 Å². The maximum Gasteiger partial charge on any atom is 0.264 e. The van der Waals surface area contributed by atoms with Crippen molar-refractivity contribution in [2.75, 3.05) is 11.4 Å². The summed E-state index contributed by atoms with van der Waals surface area (Å²) in [6.07, 6.45) is 0.526. The van der Waals surface area contributed by atoms with Crippen LogP contribution in [0.3, 0.4) is 0 Å². The van der Waals surface area contributed by atoms with Crippen LogP contribution in [-0.4, -0.2) is 52.1 Å². The van der Waals surface area contributed by atoms with E-state index in [0.29, 0.717) is 6.42 Å². The van der Waals surface area contributed by atoms with Gasteiger partial charge in [0.25, 0.3) is 17.7 Å². The summed E-state index contributed by atoms with van der Waals surface area (Å²) >= 11 is 0. The highest BCUT2D eigenvalue weighted by Crippen LogP contribution is 2.35. The Morgan fingerprint density at radius 3 is 2.38 bits per heavy atom. The molecule has 0 saturated carbocycles. The van der Waals surface area contributed by atoms with Gasteiger partial charge in [0.15, 0.2) is 12.1 Å². The first-order chi connectivity index (χ1) is 18.0. The molecule has 0 radical (unpaired) electrons. The van der Waals surface area contributed by atoms with Gasteiger partial charge >= 0.3 is 0 Å². The van der Waals surface area contributed by atoms with Gasteiger partial charge in [-0.05, 0) is 29.3 Å². The van der Waals surface area contributed by atoms with Gasteiger partial charge in [-0.1, -0.05) is 72.0 Å². The lowest BCUT2D eigenvalue weighted by molar-refractivity contribution is -0.135. The van der Waals surface area contributed by atoms with Crippen molar-refractivity contribution in [3.8, 4) is 0 Å². The van der Waals surface area contributed by atoms with Crippen molar-refractivity contribution in [1.29, 1.82) is 0 Å². The van der Waals surface area contributed by atoms with Crippen molar-refractivity contribution >= 4 is 29.1 Å². The van der Waals surface area contributed by atoms with Crippen LogP contribution >= 0.6 is 0 Å². The van der Waals surface area contributed by atoms with E-state index in [9.17, 15) is 18.8 Å². The third kappa shape index (κ3) is 3.96. The van der Waals surface area contributed by atoms with Gasteiger partial charge in [0.05, 0.1) is 17.4 Å². The van der Waals surface area contributed by atoms with E-state index in [0.717, 1.165) is 27.8 Å². The van der Waals surface area contributed by atoms with Crippen molar-refractivity contribution in [3.63, 3.8) is 0 Å². The summed E-state index contributed by atoms with van der Waals surface area (Å²) in [7, 11) is 0. The van der Waals surface area contributed by atoms with Crippen LogP contribution in [0.25, 0.3) is 0 Å². The topological polar surface area (TPSA) is 98.0 Å². The molecule has 0 aliphatic carbocycles. The summed E-state index contributed by atoms with van der Waals surface area (Å²) in [5.74, 6) is -2.17. The molecule has 3 aliphatic rings. The predicted octanol–water partition coefficient (Wildman–Crippen LogP) is 3.50. The average Bonchev–Trinajstić information content (AvgIpc) is 3.61. The quantitative estimate of drug-likeness (QED) is 0.505. The summed E-state index contributed by atoms with van der Waals surface area (Å²) < 4.78 is 13.8. The molecular weight excluding hydrogens is 475 g/mol. The fourth-order valence-corrected chi connectivity index (χ4v) is 4.91. The first kappa shape index (κ1) is 22.7. The molecule has 1 saturated heterocycles. The minimum absolute atomic E-state index is 0.117. The van der Waals surface area contributed by atoms with Crippen LogP contribution in [-0.2, 0) is 14.4 Å². The normalized spacial score (nSPS) is 22.6. The number of halogens is 1. The van der Waals surface area contributed by atoms with E-state index in [1.807, 2.05) is 60.7 Å². The molecule has 0 aromatic heterocycles. The van der Waals surface area contributed by atoms with Gasteiger partial charge in [0, 0.05) is 6.42 Å². The lowest BCUT2D eigenvalue weighted by Crippen LogP contribution is -2.44. The van der Waals surface area contributed by atoms with Gasteiger partial charge in [-0.25, -0.2) is 14.3 Å². The van der Waals surface area contributed by atoms with E-state index in [4.69, 9.17) is 0 Å². The van der Waals surface area contributed by atoms with E-state index < -0.39 is 29.7 Å². The Morgan fingerprint density at radius 1 is 0.919 bits per heavy atom. The molecule has 0 bridgehead atoms. The van der Waals surface area contributed by atoms with Crippen LogP contribution in [0.2, 0.25) is 0 Å². The van der Waals surface area contributed by atoms with Crippen molar-refractivity contribution in [1.82, 2.24) is 10.0 Å². The number of imide groups is 1. The zero-order chi connectivity index (χ0) is 25.5. The standard InChI is InChI=1S/C27H21FN6O3/c28-19-12-7-13-20(14-19)33-26(36)24-25(27(33)37)32(31-29-24)16-23(35)34-22(18-10-5-2-6-11-18)15-21(30-34)17-8-3-1-4-9-17/h1-14,22,24-25H,15-16H2/t22-,24+,25+/m1/s1. The Bertz CT molecular complexity index is 1440. The number of fused-ring (bicyclic) bond motifs is 1. The highest BCUT2D eigenvalue weighted by Gasteiger charge is 2.55. The fourth-order valence-electron chi connectivity index (χ4n) is 4.91. The lowest BCUT2D eigenvalue weighted by Gasteiger charge is -2.25. The Hall–Kier alpha value is -4.73. The number of anilines is 1. The van der Waals surface area contributed by atoms with Crippen LogP contribution < -0.4 is 4.90 Å². The van der Waals surface area contributed by atoms with Gasteiger partial charge < -0.3 is 0 Å². The smallest absolute Gasteiger partial charge is 0.264 e. The van der Waals surface area contributed by atoms with Crippen LogP contribution in [0.4, 0.5) is 10.1 Å². The minimum Gasteiger partial charge on any atom is -0.271 e. The van der Waals surface area contributed by atoms with E-state index in [-0.39, 0.29) is 24.2 Å². The first-order valence-electron chi connectivity index (χ1n) is 11.8. The Balaban J connectivity index is 1.26. The van der Waals surface area contributed by atoms with Crippen LogP contribution in [0, 0.1) is 5.82 Å². The van der Waals surface area contributed by atoms with Crippen LogP contribution in [0.5, 0.6) is 0 Å². The fraction of sp³-hybridized carbons (Fsp3) is 0.185. The number of carbonyl (C=O) groups excluding carboxylic acids is 3. The third-order valence-electron chi connectivity index (χ3n) is 6.68. The molecule has 3 atom stereocenters. The molecule has 3 aromatic carbocycles. The molecule has 3 aliphatic heterocycles. The number of benzene rings is 3. The Labute approximate surface area is 211 Å². The van der Waals surface area contributed by atoms with Crippen molar-refractivity contribution in [2.24, 2.45) is 15.4 Å². The summed E-state index contributed by atoms with van der Waals surface area (Å²) in [4.78, 5) is 40.6. The zero-order valence-electron chi connectivity index (χ0n) is 19.5. The molecule has 0 spiro atoms. The van der Waals surface area contributed by atoms with Crippen molar-refractivity contribution in [2.45, 2.75) is 24.5 Å². The number of nitrogens with zero attached hydrogens (tertiary/aromatic N) is 6. The number of carbonyl (C=O) groups is 3. The maximum absolute atomic E-state index is 13.8. The summed E-state index contributed by atoms with van der Waals surface area (Å²) in [6.45, 7) is -0.296. The number of hydrogen-bond acceptors (Lipinski definition) is 7. The number of rotatable bonds is 5. The highest BCUT2D eigenvalue weighted by atomic mass is 19.1. The highest BCUT2D eigenvalue weighted by molar-refractivity contribution is 6.25. The molecule has 6 rings (SSSR count). The molecule has 0 unspecified atom stereocenters. The molecule has 3 amide bonds. The summed E-state index contributed by atoms with van der Waals surface area (Å²) in [5.41, 5.74) is 2.73. The van der Waals surface area contributed by atoms with Gasteiger partial charge in [-0.15, -0.1) is 0 Å². The number of hydrogen-bond donors (Lipinski definition) is 0. The largest absolute Gasteiger partial charge is 0.271 e. The monoisotopic (exact) mass is 496 g/mol. The van der Waals surface area contributed by atoms with Gasteiger partial charge in [-0.2, -0.15) is 10.2 Å². The molecule has 0 N–H and O–H groups in total. The second-order valence-electron chi connectivity index (χ2n) is 8.97. The molecule has 9 nitrogen and oxygen atoms in total. The number of amides is 3. The molecule has 10 heteroatoms. The van der Waals surface area contributed by atoms with E-state index in [2.05, 4.69) is 15.4 Å². The number of hydrazone groups is 1. The molecule has 3 heterocycles. The van der Waals surface area contributed by atoms with E-state index in [1.165, 1.54) is 28.2 Å². The maximum atomic E-state index is 13.8. The molecule has 1 fully saturated rings. The van der Waals surface area contributed by atoms with Gasteiger partial charge in [0.2, 0.25) is 0 Å². The predicted molar refractivity (Wildman–Crippen MR) is 132 cm³/mol. The average molecular weight is 497 g/mol. The third-order valence-corrected chi connectivity index (χ3v) is 6.68. The first-order valence-corrected chi connectivity index (χ1v) is 11.8. The Kier molecular flexibility index (Phi) is 5.56.